The number of amides is 1. The number of carbonyl (C=O) groups is 1. The van der Waals surface area contributed by atoms with Crippen molar-refractivity contribution in [2.45, 2.75) is 12.1 Å². The molecule has 2 unspecified atom stereocenters. The van der Waals surface area contributed by atoms with Crippen molar-refractivity contribution in [2.24, 2.45) is 0 Å². The van der Waals surface area contributed by atoms with Gasteiger partial charge in [-0.15, -0.1) is 0 Å². The topological polar surface area (TPSA) is 41.6 Å². The Morgan fingerprint density at radius 1 is 1.38 bits per heavy atom. The smallest absolute Gasteiger partial charge is 0.407 e. The number of benzene rings is 1. The monoisotopic (exact) mass is 214 g/mol. The van der Waals surface area contributed by atoms with Crippen molar-refractivity contribution in [1.82, 2.24) is 5.32 Å². The minimum absolute atomic E-state index is 0.0832. The van der Waals surface area contributed by atoms with Crippen molar-refractivity contribution in [3.8, 4) is 0 Å². The summed E-state index contributed by atoms with van der Waals surface area (Å²) in [6, 6.07) is 8.66. The highest BCUT2D eigenvalue weighted by Gasteiger charge is 2.47. The fourth-order valence-corrected chi connectivity index (χ4v) is 2.75. The molecule has 2 bridgehead atoms. The van der Waals surface area contributed by atoms with Crippen LogP contribution in [0.3, 0.4) is 0 Å². The van der Waals surface area contributed by atoms with Crippen LogP contribution < -0.4 is 10.2 Å². The molecule has 0 radical (unpaired) electrons. The summed E-state index contributed by atoms with van der Waals surface area (Å²) in [5.74, 6) is 0. The summed E-state index contributed by atoms with van der Waals surface area (Å²) in [7, 11) is 0. The van der Waals surface area contributed by atoms with E-state index >= 15 is 0 Å². The lowest BCUT2D eigenvalue weighted by Gasteiger charge is -2.35. The van der Waals surface area contributed by atoms with E-state index in [0.29, 0.717) is 6.61 Å². The normalized spacial score (nSPS) is 29.1. The number of fused-ring (bicyclic) bond motifs is 5. The highest BCUT2D eigenvalue weighted by atomic mass is 16.6. The van der Waals surface area contributed by atoms with Gasteiger partial charge in [0, 0.05) is 23.0 Å². The van der Waals surface area contributed by atoms with Gasteiger partial charge in [0.15, 0.2) is 0 Å². The second-order valence-electron chi connectivity index (χ2n) is 4.30. The maximum atomic E-state index is 11.0. The van der Waals surface area contributed by atoms with Gasteiger partial charge in [-0.05, 0) is 6.07 Å². The van der Waals surface area contributed by atoms with E-state index in [1.807, 2.05) is 12.1 Å². The largest absolute Gasteiger partial charge is 0.447 e. The molecule has 80 valence electrons. The molecule has 1 saturated heterocycles. The van der Waals surface area contributed by atoms with E-state index in [0.717, 1.165) is 0 Å². The molecule has 0 spiro atoms. The number of nitrogens with zero attached hydrogens (tertiary/aromatic N) is 1. The number of ether oxygens (including phenoxy) is 1. The van der Waals surface area contributed by atoms with Crippen molar-refractivity contribution in [3.63, 3.8) is 0 Å². The average molecular weight is 214 g/mol. The molecular weight excluding hydrogens is 204 g/mol. The molecule has 4 heteroatoms. The summed E-state index contributed by atoms with van der Waals surface area (Å²) in [5.41, 5.74) is 3.84. The number of anilines is 1. The number of alkyl carbamates (subject to hydrolysis) is 1. The zero-order valence-corrected chi connectivity index (χ0v) is 8.51. The van der Waals surface area contributed by atoms with Gasteiger partial charge in [-0.3, -0.25) is 0 Å². The summed E-state index contributed by atoms with van der Waals surface area (Å²) in [5, 5.41) is 2.85. The first-order chi connectivity index (χ1) is 7.84. The zero-order valence-electron chi connectivity index (χ0n) is 8.51. The van der Waals surface area contributed by atoms with Crippen molar-refractivity contribution in [2.75, 3.05) is 11.5 Å². The van der Waals surface area contributed by atoms with Crippen molar-refractivity contribution in [3.05, 3.63) is 36.0 Å². The molecule has 2 atom stereocenters. The lowest BCUT2D eigenvalue weighted by atomic mass is 9.94. The van der Waals surface area contributed by atoms with Crippen molar-refractivity contribution in [1.29, 1.82) is 0 Å². The quantitative estimate of drug-likeness (QED) is 0.767. The Balaban J connectivity index is 1.69. The molecule has 1 aromatic rings. The van der Waals surface area contributed by atoms with Crippen LogP contribution in [0.15, 0.2) is 30.5 Å². The highest BCUT2D eigenvalue weighted by molar-refractivity contribution is 5.98. The van der Waals surface area contributed by atoms with Crippen LogP contribution in [0.25, 0.3) is 5.57 Å². The van der Waals surface area contributed by atoms with E-state index in [2.05, 4.69) is 28.5 Å². The van der Waals surface area contributed by atoms with E-state index in [1.165, 1.54) is 16.8 Å². The fraction of sp³-hybridized carbons (Fsp3) is 0.250. The summed E-state index contributed by atoms with van der Waals surface area (Å²) in [6.45, 7) is 0.464. The van der Waals surface area contributed by atoms with E-state index < -0.39 is 0 Å². The van der Waals surface area contributed by atoms with Crippen molar-refractivity contribution < 1.29 is 9.53 Å². The van der Waals surface area contributed by atoms with Crippen LogP contribution in [-0.2, 0) is 4.74 Å². The summed E-state index contributed by atoms with van der Waals surface area (Å²) in [4.78, 5) is 13.2. The van der Waals surface area contributed by atoms with Crippen LogP contribution in [0.5, 0.6) is 0 Å². The van der Waals surface area contributed by atoms with Crippen LogP contribution in [0, 0.1) is 0 Å². The Morgan fingerprint density at radius 3 is 3.00 bits per heavy atom. The first kappa shape index (κ1) is 8.21. The number of nitrogens with one attached hydrogen (secondary N) is 1. The summed E-state index contributed by atoms with van der Waals surface area (Å²) in [6.07, 6.45) is 1.84. The lowest BCUT2D eigenvalue weighted by Crippen LogP contribution is -2.50. The van der Waals surface area contributed by atoms with E-state index in [-0.39, 0.29) is 18.2 Å². The van der Waals surface area contributed by atoms with Gasteiger partial charge < -0.3 is 15.0 Å². The van der Waals surface area contributed by atoms with Gasteiger partial charge in [0.25, 0.3) is 0 Å². The van der Waals surface area contributed by atoms with Crippen LogP contribution in [0.4, 0.5) is 10.5 Å². The minimum Gasteiger partial charge on any atom is -0.447 e. The molecule has 16 heavy (non-hydrogen) atoms. The number of rotatable bonds is 1. The second-order valence-corrected chi connectivity index (χ2v) is 4.30. The molecule has 1 fully saturated rings. The summed E-state index contributed by atoms with van der Waals surface area (Å²) < 4.78 is 4.94. The molecule has 1 amide bonds. The van der Waals surface area contributed by atoms with Gasteiger partial charge >= 0.3 is 6.09 Å². The molecule has 0 aliphatic carbocycles. The van der Waals surface area contributed by atoms with Crippen LogP contribution in [-0.4, -0.2) is 24.8 Å². The first-order valence-corrected chi connectivity index (χ1v) is 5.37. The third-order valence-corrected chi connectivity index (χ3v) is 3.47. The Kier molecular flexibility index (Phi) is 1.32. The van der Waals surface area contributed by atoms with Gasteiger partial charge in [-0.2, -0.15) is 0 Å². The highest BCUT2D eigenvalue weighted by Crippen LogP contribution is 2.49. The number of cyclic esters (lactones) is 1. The zero-order chi connectivity index (χ0) is 10.7. The number of hydrogen-bond donors (Lipinski definition) is 1. The Bertz CT molecular complexity index is 524. The maximum absolute atomic E-state index is 11.0. The number of hydrogen-bond acceptors (Lipinski definition) is 3. The molecule has 1 N–H and O–H groups in total. The minimum atomic E-state index is -0.304. The van der Waals surface area contributed by atoms with Gasteiger partial charge in [0.05, 0.1) is 12.1 Å². The standard InChI is InChI=1S/C12H10N2O2/c15-12-13-9(6-16-12)11-8-5-14(11)10-4-2-1-3-7(8)10/h1-5,9,11H,6H2,(H,13,15). The molecule has 3 heterocycles. The van der Waals surface area contributed by atoms with Crippen LogP contribution in [0.2, 0.25) is 0 Å². The molecule has 4 rings (SSSR count). The molecule has 0 saturated carbocycles. The van der Waals surface area contributed by atoms with Crippen LogP contribution in [0.1, 0.15) is 5.56 Å². The molecule has 4 nitrogen and oxygen atoms in total. The SMILES string of the molecule is O=C1NC(C2C3=CN2c2ccccc23)CO1. The van der Waals surface area contributed by atoms with Gasteiger partial charge in [0.1, 0.15) is 6.61 Å². The first-order valence-electron chi connectivity index (χ1n) is 5.37. The van der Waals surface area contributed by atoms with Gasteiger partial charge in [0.2, 0.25) is 0 Å². The maximum Gasteiger partial charge on any atom is 0.407 e. The third-order valence-electron chi connectivity index (χ3n) is 3.47. The van der Waals surface area contributed by atoms with Crippen molar-refractivity contribution >= 4 is 17.4 Å². The Morgan fingerprint density at radius 2 is 2.25 bits per heavy atom. The third kappa shape index (κ3) is 0.829. The molecule has 3 aliphatic heterocycles. The van der Waals surface area contributed by atoms with E-state index in [1.54, 1.807) is 0 Å². The Labute approximate surface area is 92.5 Å². The summed E-state index contributed by atoms with van der Waals surface area (Å²) >= 11 is 0. The molecule has 1 aromatic carbocycles. The second kappa shape index (κ2) is 2.58. The van der Waals surface area contributed by atoms with Crippen LogP contribution >= 0.6 is 0 Å². The molecular formula is C12H10N2O2. The number of para-hydroxylation sites is 1. The van der Waals surface area contributed by atoms with E-state index in [4.69, 9.17) is 4.74 Å². The molecule has 3 aliphatic rings. The van der Waals surface area contributed by atoms with Gasteiger partial charge in [-0.1, -0.05) is 18.2 Å². The molecule has 0 aromatic heterocycles. The lowest BCUT2D eigenvalue weighted by molar-refractivity contribution is 0.176. The predicted molar refractivity (Wildman–Crippen MR) is 59.0 cm³/mol. The number of carbonyl (C=O) groups excluding carboxylic acids is 1. The fourth-order valence-electron chi connectivity index (χ4n) is 2.75. The average Bonchev–Trinajstić information content (AvgIpc) is 2.88. The van der Waals surface area contributed by atoms with E-state index in [9.17, 15) is 4.79 Å². The van der Waals surface area contributed by atoms with Gasteiger partial charge in [-0.25, -0.2) is 4.79 Å². The Hall–Kier alpha value is -1.97. The predicted octanol–water partition coefficient (Wildman–Crippen LogP) is 1.34.